The molecule has 0 fully saturated rings. The van der Waals surface area contributed by atoms with Crippen LogP contribution in [0.25, 0.3) is 11.3 Å². The van der Waals surface area contributed by atoms with Gasteiger partial charge in [0.1, 0.15) is 5.69 Å². The Hall–Kier alpha value is -1.68. The van der Waals surface area contributed by atoms with Crippen molar-refractivity contribution in [3.63, 3.8) is 0 Å². The lowest BCUT2D eigenvalue weighted by Gasteiger charge is -1.99. The van der Waals surface area contributed by atoms with E-state index in [1.165, 1.54) is 0 Å². The van der Waals surface area contributed by atoms with Crippen molar-refractivity contribution in [3.05, 3.63) is 36.0 Å². The van der Waals surface area contributed by atoms with Gasteiger partial charge in [0.25, 0.3) is 0 Å². The smallest absolute Gasteiger partial charge is 0.118 e. The minimum Gasteiger partial charge on any atom is -0.390 e. The van der Waals surface area contributed by atoms with Crippen molar-refractivity contribution in [2.75, 3.05) is 0 Å². The van der Waals surface area contributed by atoms with Gasteiger partial charge in [0.15, 0.2) is 0 Å². The number of aryl methyl sites for hydroxylation is 1. The lowest BCUT2D eigenvalue weighted by molar-refractivity contribution is 0.271. The quantitative estimate of drug-likeness (QED) is 0.766. The monoisotopic (exact) mass is 189 g/mol. The van der Waals surface area contributed by atoms with Crippen molar-refractivity contribution < 1.29 is 5.11 Å². The summed E-state index contributed by atoms with van der Waals surface area (Å²) in [4.78, 5) is 0. The van der Waals surface area contributed by atoms with Crippen LogP contribution in [0, 0.1) is 0 Å². The Bertz CT molecular complexity index is 422. The molecule has 0 amide bonds. The minimum absolute atomic E-state index is 0.0479. The number of aromatic nitrogens is 3. The molecule has 0 saturated carbocycles. The molecule has 0 aliphatic carbocycles. The van der Waals surface area contributed by atoms with Crippen LogP contribution in [-0.4, -0.2) is 20.1 Å². The molecule has 1 aromatic heterocycles. The molecule has 0 atom stereocenters. The van der Waals surface area contributed by atoms with Crippen molar-refractivity contribution in [2.45, 2.75) is 6.61 Å². The first-order valence-corrected chi connectivity index (χ1v) is 4.37. The second kappa shape index (κ2) is 3.59. The Morgan fingerprint density at radius 3 is 2.64 bits per heavy atom. The molecule has 0 radical (unpaired) electrons. The molecule has 0 unspecified atom stereocenters. The summed E-state index contributed by atoms with van der Waals surface area (Å²) in [6.07, 6.45) is 0. The zero-order valence-electron chi connectivity index (χ0n) is 7.88. The lowest BCUT2D eigenvalue weighted by Crippen LogP contribution is -1.98. The molecule has 1 heterocycles. The van der Waals surface area contributed by atoms with E-state index < -0.39 is 0 Å². The van der Waals surface area contributed by atoms with Gasteiger partial charge in [-0.1, -0.05) is 35.5 Å². The number of nitrogens with zero attached hydrogens (tertiary/aromatic N) is 3. The van der Waals surface area contributed by atoms with Gasteiger partial charge >= 0.3 is 0 Å². The van der Waals surface area contributed by atoms with E-state index in [2.05, 4.69) is 10.3 Å². The van der Waals surface area contributed by atoms with Crippen molar-refractivity contribution in [3.8, 4) is 11.3 Å². The molecule has 0 aliphatic heterocycles. The molecule has 14 heavy (non-hydrogen) atoms. The summed E-state index contributed by atoms with van der Waals surface area (Å²) in [6, 6.07) is 9.71. The third-order valence-corrected chi connectivity index (χ3v) is 2.14. The number of rotatable bonds is 2. The van der Waals surface area contributed by atoms with E-state index >= 15 is 0 Å². The predicted octanol–water partition coefficient (Wildman–Crippen LogP) is 0.974. The maximum absolute atomic E-state index is 9.15. The average Bonchev–Trinajstić information content (AvgIpc) is 2.61. The molecule has 0 bridgehead atoms. The van der Waals surface area contributed by atoms with Gasteiger partial charge in [-0.2, -0.15) is 0 Å². The maximum Gasteiger partial charge on any atom is 0.118 e. The first-order valence-electron chi connectivity index (χ1n) is 4.37. The van der Waals surface area contributed by atoms with Crippen molar-refractivity contribution >= 4 is 0 Å². The van der Waals surface area contributed by atoms with Crippen LogP contribution in [0.2, 0.25) is 0 Å². The summed E-state index contributed by atoms with van der Waals surface area (Å²) in [5.41, 5.74) is 2.46. The summed E-state index contributed by atoms with van der Waals surface area (Å²) in [5, 5.41) is 17.0. The standard InChI is InChI=1S/C10H11N3O/c1-13-9(7-14)10(11-12-13)8-5-3-2-4-6-8/h2-6,14H,7H2,1H3. The van der Waals surface area contributed by atoms with E-state index in [1.807, 2.05) is 30.3 Å². The topological polar surface area (TPSA) is 50.9 Å². The van der Waals surface area contributed by atoms with E-state index in [4.69, 9.17) is 5.11 Å². The molecule has 72 valence electrons. The maximum atomic E-state index is 9.15. The predicted molar refractivity (Wildman–Crippen MR) is 52.4 cm³/mol. The molecule has 0 aliphatic rings. The molecule has 1 aromatic carbocycles. The Labute approximate surface area is 81.8 Å². The number of hydrogen-bond acceptors (Lipinski definition) is 3. The van der Waals surface area contributed by atoms with Gasteiger partial charge < -0.3 is 5.11 Å². The second-order valence-electron chi connectivity index (χ2n) is 3.03. The average molecular weight is 189 g/mol. The summed E-state index contributed by atoms with van der Waals surface area (Å²) in [5.74, 6) is 0. The van der Waals surface area contributed by atoms with Crippen molar-refractivity contribution in [1.82, 2.24) is 15.0 Å². The van der Waals surface area contributed by atoms with Crippen LogP contribution < -0.4 is 0 Å². The fraction of sp³-hybridized carbons (Fsp3) is 0.200. The van der Waals surface area contributed by atoms with Crippen LogP contribution in [0.1, 0.15) is 5.69 Å². The fourth-order valence-corrected chi connectivity index (χ4v) is 1.37. The lowest BCUT2D eigenvalue weighted by atomic mass is 10.1. The molecule has 4 heteroatoms. The van der Waals surface area contributed by atoms with Crippen LogP contribution in [0.4, 0.5) is 0 Å². The van der Waals surface area contributed by atoms with Crippen LogP contribution >= 0.6 is 0 Å². The summed E-state index contributed by atoms with van der Waals surface area (Å²) in [6.45, 7) is -0.0479. The Morgan fingerprint density at radius 1 is 1.29 bits per heavy atom. The Balaban J connectivity index is 2.52. The van der Waals surface area contributed by atoms with Crippen LogP contribution in [0.5, 0.6) is 0 Å². The van der Waals surface area contributed by atoms with Crippen molar-refractivity contribution in [1.29, 1.82) is 0 Å². The van der Waals surface area contributed by atoms with Gasteiger partial charge in [-0.15, -0.1) is 5.10 Å². The van der Waals surface area contributed by atoms with Gasteiger partial charge in [-0.25, -0.2) is 4.68 Å². The third kappa shape index (κ3) is 1.40. The van der Waals surface area contributed by atoms with Gasteiger partial charge in [-0.05, 0) is 0 Å². The first kappa shape index (κ1) is 8.90. The Kier molecular flexibility index (Phi) is 2.28. The van der Waals surface area contributed by atoms with E-state index in [0.717, 1.165) is 17.0 Å². The van der Waals surface area contributed by atoms with Crippen molar-refractivity contribution in [2.24, 2.45) is 7.05 Å². The number of hydrogen-bond donors (Lipinski definition) is 1. The van der Waals surface area contributed by atoms with E-state index in [-0.39, 0.29) is 6.61 Å². The minimum atomic E-state index is -0.0479. The summed E-state index contributed by atoms with van der Waals surface area (Å²) < 4.78 is 1.59. The number of aliphatic hydroxyl groups excluding tert-OH is 1. The van der Waals surface area contributed by atoms with Crippen LogP contribution in [0.15, 0.2) is 30.3 Å². The van der Waals surface area contributed by atoms with E-state index in [0.29, 0.717) is 0 Å². The zero-order chi connectivity index (χ0) is 9.97. The molecular formula is C10H11N3O. The molecule has 2 rings (SSSR count). The van der Waals surface area contributed by atoms with E-state index in [9.17, 15) is 0 Å². The summed E-state index contributed by atoms with van der Waals surface area (Å²) >= 11 is 0. The van der Waals surface area contributed by atoms with Crippen LogP contribution in [-0.2, 0) is 13.7 Å². The third-order valence-electron chi connectivity index (χ3n) is 2.14. The number of benzene rings is 1. The molecule has 0 saturated heterocycles. The highest BCUT2D eigenvalue weighted by molar-refractivity contribution is 5.60. The highest BCUT2D eigenvalue weighted by Gasteiger charge is 2.10. The van der Waals surface area contributed by atoms with Crippen LogP contribution in [0.3, 0.4) is 0 Å². The second-order valence-corrected chi connectivity index (χ2v) is 3.03. The largest absolute Gasteiger partial charge is 0.390 e. The van der Waals surface area contributed by atoms with Gasteiger partial charge in [0.05, 0.1) is 12.3 Å². The first-order chi connectivity index (χ1) is 6.83. The van der Waals surface area contributed by atoms with Gasteiger partial charge in [0, 0.05) is 12.6 Å². The zero-order valence-corrected chi connectivity index (χ0v) is 7.88. The molecule has 2 aromatic rings. The van der Waals surface area contributed by atoms with E-state index in [1.54, 1.807) is 11.7 Å². The normalized spacial score (nSPS) is 10.4. The highest BCUT2D eigenvalue weighted by Crippen LogP contribution is 2.19. The fourth-order valence-electron chi connectivity index (χ4n) is 1.37. The molecule has 1 N–H and O–H groups in total. The Morgan fingerprint density at radius 2 is 2.00 bits per heavy atom. The SMILES string of the molecule is Cn1nnc(-c2ccccc2)c1CO. The van der Waals surface area contributed by atoms with Gasteiger partial charge in [-0.3, -0.25) is 0 Å². The van der Waals surface area contributed by atoms with Gasteiger partial charge in [0.2, 0.25) is 0 Å². The highest BCUT2D eigenvalue weighted by atomic mass is 16.3. The molecule has 4 nitrogen and oxygen atoms in total. The number of aliphatic hydroxyl groups is 1. The molecule has 0 spiro atoms. The molecular weight excluding hydrogens is 178 g/mol. The summed E-state index contributed by atoms with van der Waals surface area (Å²) in [7, 11) is 1.77.